The Hall–Kier alpha value is -3.40. The number of nitrogens with one attached hydrogen (secondary N) is 2. The fourth-order valence-corrected chi connectivity index (χ4v) is 2.66. The predicted molar refractivity (Wildman–Crippen MR) is 108 cm³/mol. The number of nitrogens with zero attached hydrogens (tertiary/aromatic N) is 3. The van der Waals surface area contributed by atoms with E-state index >= 15 is 0 Å². The van der Waals surface area contributed by atoms with E-state index in [1.807, 2.05) is 0 Å². The number of hydrogen-bond acceptors (Lipinski definition) is 6. The lowest BCUT2D eigenvalue weighted by Gasteiger charge is -2.10. The molecule has 2 aromatic carbocycles. The molecule has 0 radical (unpaired) electrons. The second kappa shape index (κ2) is 8.53. The minimum absolute atomic E-state index is 0.00946. The Balaban J connectivity index is 1.67. The van der Waals surface area contributed by atoms with Crippen molar-refractivity contribution in [1.82, 2.24) is 15.0 Å². The van der Waals surface area contributed by atoms with Crippen molar-refractivity contribution in [2.75, 3.05) is 23.5 Å². The van der Waals surface area contributed by atoms with E-state index in [1.54, 1.807) is 48.5 Å². The summed E-state index contributed by atoms with van der Waals surface area (Å²) in [6.45, 7) is -0.206. The third-order valence-electron chi connectivity index (χ3n) is 3.76. The molecule has 0 aliphatic carbocycles. The molecule has 0 saturated heterocycles. The summed E-state index contributed by atoms with van der Waals surface area (Å²) < 4.78 is 7.23. The topological polar surface area (TPSA) is 124 Å². The monoisotopic (exact) mass is 444 g/mol. The number of amides is 2. The summed E-state index contributed by atoms with van der Waals surface area (Å²) in [4.78, 5) is 24.6. The molecule has 1 heterocycles. The fourth-order valence-electron chi connectivity index (χ4n) is 2.40. The number of aromatic nitrogens is 3. The maximum atomic E-state index is 12.4. The van der Waals surface area contributed by atoms with Crippen LogP contribution in [-0.4, -0.2) is 33.9 Å². The highest BCUT2D eigenvalue weighted by Crippen LogP contribution is 2.23. The van der Waals surface area contributed by atoms with Gasteiger partial charge < -0.3 is 21.1 Å². The minimum atomic E-state index is -0.517. The molecule has 0 spiro atoms. The molecule has 4 N–H and O–H groups in total. The van der Waals surface area contributed by atoms with Gasteiger partial charge in [-0.15, -0.1) is 5.10 Å². The maximum Gasteiger partial charge on any atom is 0.280 e. The Morgan fingerprint density at radius 2 is 1.86 bits per heavy atom. The van der Waals surface area contributed by atoms with Gasteiger partial charge in [-0.05, 0) is 36.4 Å². The summed E-state index contributed by atoms with van der Waals surface area (Å²) in [5.74, 6) is -0.390. The number of nitrogen functional groups attached to an aromatic ring is 1. The first-order valence-electron chi connectivity index (χ1n) is 8.16. The van der Waals surface area contributed by atoms with Gasteiger partial charge in [0.05, 0.1) is 12.8 Å². The van der Waals surface area contributed by atoms with Crippen molar-refractivity contribution in [2.45, 2.75) is 6.54 Å². The molecule has 0 saturated carbocycles. The fraction of sp³-hybridized carbons (Fsp3) is 0.111. The van der Waals surface area contributed by atoms with Crippen LogP contribution in [0.2, 0.25) is 0 Å². The first kappa shape index (κ1) is 19.4. The van der Waals surface area contributed by atoms with Gasteiger partial charge in [-0.1, -0.05) is 33.3 Å². The molecule has 1 aromatic heterocycles. The Morgan fingerprint density at radius 1 is 1.14 bits per heavy atom. The van der Waals surface area contributed by atoms with Gasteiger partial charge in [-0.25, -0.2) is 4.68 Å². The number of nitrogens with two attached hydrogens (primary N) is 1. The second-order valence-electron chi connectivity index (χ2n) is 5.69. The number of benzene rings is 2. The van der Waals surface area contributed by atoms with Crippen LogP contribution in [0.4, 0.5) is 17.2 Å². The van der Waals surface area contributed by atoms with Crippen LogP contribution in [0.15, 0.2) is 53.0 Å². The van der Waals surface area contributed by atoms with Crippen LogP contribution in [0.25, 0.3) is 0 Å². The number of para-hydroxylation sites is 2. The highest BCUT2D eigenvalue weighted by molar-refractivity contribution is 9.10. The molecule has 0 atom stereocenters. The lowest BCUT2D eigenvalue weighted by Crippen LogP contribution is -2.21. The third kappa shape index (κ3) is 4.46. The molecule has 0 bridgehead atoms. The van der Waals surface area contributed by atoms with Gasteiger partial charge in [0.25, 0.3) is 5.91 Å². The standard InChI is InChI=1S/C18H17BrN6O3/c1-28-14-5-3-2-4-13(14)22-15(26)10-25-17(20)16(23-24-25)18(27)21-12-8-6-11(19)7-9-12/h2-9H,10,20H2,1H3,(H,21,27)(H,22,26). The van der Waals surface area contributed by atoms with Crippen molar-refractivity contribution in [1.29, 1.82) is 0 Å². The first-order valence-corrected chi connectivity index (χ1v) is 8.96. The van der Waals surface area contributed by atoms with E-state index in [1.165, 1.54) is 7.11 Å². The molecule has 144 valence electrons. The Labute approximate surface area is 169 Å². The van der Waals surface area contributed by atoms with Crippen molar-refractivity contribution in [3.05, 3.63) is 58.7 Å². The zero-order valence-corrected chi connectivity index (χ0v) is 16.4. The molecule has 3 rings (SSSR count). The van der Waals surface area contributed by atoms with Crippen LogP contribution in [0.5, 0.6) is 5.75 Å². The summed E-state index contributed by atoms with van der Waals surface area (Å²) in [7, 11) is 1.51. The zero-order valence-electron chi connectivity index (χ0n) is 14.8. The lowest BCUT2D eigenvalue weighted by molar-refractivity contribution is -0.116. The molecular weight excluding hydrogens is 428 g/mol. The summed E-state index contributed by atoms with van der Waals surface area (Å²) >= 11 is 3.32. The summed E-state index contributed by atoms with van der Waals surface area (Å²) in [6.07, 6.45) is 0. The van der Waals surface area contributed by atoms with Crippen LogP contribution < -0.4 is 21.1 Å². The van der Waals surface area contributed by atoms with Gasteiger partial charge in [-0.2, -0.15) is 0 Å². The lowest BCUT2D eigenvalue weighted by atomic mass is 10.3. The van der Waals surface area contributed by atoms with Crippen molar-refractivity contribution in [3.8, 4) is 5.75 Å². The van der Waals surface area contributed by atoms with Gasteiger partial charge in [0.1, 0.15) is 12.3 Å². The van der Waals surface area contributed by atoms with E-state index in [0.29, 0.717) is 17.1 Å². The SMILES string of the molecule is COc1ccccc1NC(=O)Cn1nnc(C(=O)Nc2ccc(Br)cc2)c1N. The van der Waals surface area contributed by atoms with Crippen molar-refractivity contribution in [2.24, 2.45) is 0 Å². The van der Waals surface area contributed by atoms with E-state index < -0.39 is 5.91 Å². The molecule has 10 heteroatoms. The molecule has 0 unspecified atom stereocenters. The molecule has 2 amide bonds. The summed E-state index contributed by atoms with van der Waals surface area (Å²) in [5, 5.41) is 13.0. The number of methoxy groups -OCH3 is 1. The molecule has 0 fully saturated rings. The largest absolute Gasteiger partial charge is 0.495 e. The summed E-state index contributed by atoms with van der Waals surface area (Å²) in [5.41, 5.74) is 6.98. The van der Waals surface area contributed by atoms with Crippen LogP contribution in [0.1, 0.15) is 10.5 Å². The molecule has 9 nitrogen and oxygen atoms in total. The van der Waals surface area contributed by atoms with Crippen LogP contribution in [0, 0.1) is 0 Å². The molecule has 0 aliphatic heterocycles. The number of anilines is 3. The minimum Gasteiger partial charge on any atom is -0.495 e. The van der Waals surface area contributed by atoms with Crippen LogP contribution >= 0.6 is 15.9 Å². The Morgan fingerprint density at radius 3 is 2.57 bits per heavy atom. The quantitative estimate of drug-likeness (QED) is 0.536. The third-order valence-corrected chi connectivity index (χ3v) is 4.29. The van der Waals surface area contributed by atoms with Crippen molar-refractivity contribution >= 4 is 44.9 Å². The number of rotatable bonds is 6. The average Bonchev–Trinajstić information content (AvgIpc) is 3.04. The first-order chi connectivity index (χ1) is 13.5. The normalized spacial score (nSPS) is 10.4. The van der Waals surface area contributed by atoms with E-state index in [2.05, 4.69) is 36.9 Å². The van der Waals surface area contributed by atoms with Gasteiger partial charge in [0, 0.05) is 10.2 Å². The zero-order chi connectivity index (χ0) is 20.1. The molecule has 3 aromatic rings. The van der Waals surface area contributed by atoms with Crippen LogP contribution in [-0.2, 0) is 11.3 Å². The van der Waals surface area contributed by atoms with Crippen molar-refractivity contribution < 1.29 is 14.3 Å². The number of carbonyl (C=O) groups is 2. The van der Waals surface area contributed by atoms with E-state index in [4.69, 9.17) is 10.5 Å². The smallest absolute Gasteiger partial charge is 0.280 e. The van der Waals surface area contributed by atoms with Gasteiger partial charge >= 0.3 is 0 Å². The van der Waals surface area contributed by atoms with E-state index in [0.717, 1.165) is 9.15 Å². The van der Waals surface area contributed by atoms with Gasteiger partial charge in [0.15, 0.2) is 11.5 Å². The van der Waals surface area contributed by atoms with Gasteiger partial charge in [-0.3, -0.25) is 9.59 Å². The molecular formula is C18H17BrN6O3. The number of carbonyl (C=O) groups excluding carboxylic acids is 2. The molecule has 28 heavy (non-hydrogen) atoms. The van der Waals surface area contributed by atoms with E-state index in [-0.39, 0.29) is 24.0 Å². The van der Waals surface area contributed by atoms with Gasteiger partial charge in [0.2, 0.25) is 5.91 Å². The average molecular weight is 445 g/mol. The highest BCUT2D eigenvalue weighted by Gasteiger charge is 2.19. The molecule has 0 aliphatic rings. The maximum absolute atomic E-state index is 12.4. The van der Waals surface area contributed by atoms with Crippen LogP contribution in [0.3, 0.4) is 0 Å². The second-order valence-corrected chi connectivity index (χ2v) is 6.61. The van der Waals surface area contributed by atoms with E-state index in [9.17, 15) is 9.59 Å². The Kier molecular flexibility index (Phi) is 5.90. The van der Waals surface area contributed by atoms with Crippen molar-refractivity contribution in [3.63, 3.8) is 0 Å². The number of hydrogen-bond donors (Lipinski definition) is 3. The number of ether oxygens (including phenoxy) is 1. The summed E-state index contributed by atoms with van der Waals surface area (Å²) in [6, 6.07) is 14.0. The predicted octanol–water partition coefficient (Wildman–Crippen LogP) is 2.52. The highest BCUT2D eigenvalue weighted by atomic mass is 79.9. The Bertz CT molecular complexity index is 1000. The number of halogens is 1.